The van der Waals surface area contributed by atoms with E-state index in [1.807, 2.05) is 6.08 Å². The highest BCUT2D eigenvalue weighted by atomic mass is 16.5. The molecule has 0 aromatic rings. The van der Waals surface area contributed by atoms with E-state index in [1.165, 1.54) is 135 Å². The molecule has 2 heteroatoms. The summed E-state index contributed by atoms with van der Waals surface area (Å²) in [5, 5.41) is 0. The third kappa shape index (κ3) is 27.7. The molecule has 174 valence electrons. The molecule has 0 heterocycles. The minimum atomic E-state index is 0.847. The summed E-state index contributed by atoms with van der Waals surface area (Å²) in [6.45, 7) is 6.36. The second-order valence-corrected chi connectivity index (χ2v) is 8.90. The van der Waals surface area contributed by atoms with Gasteiger partial charge >= 0.3 is 0 Å². The molecule has 0 radical (unpaired) electrons. The van der Waals surface area contributed by atoms with Gasteiger partial charge in [0, 0.05) is 13.2 Å². The second kappa shape index (κ2) is 27.7. The average Bonchev–Trinajstić information content (AvgIpc) is 2.74. The highest BCUT2D eigenvalue weighted by Gasteiger charge is 1.96. The first-order chi connectivity index (χ1) is 14.4. The van der Waals surface area contributed by atoms with Crippen LogP contribution in [0.5, 0.6) is 0 Å². The van der Waals surface area contributed by atoms with E-state index in [0.29, 0.717) is 0 Å². The van der Waals surface area contributed by atoms with Crippen LogP contribution in [-0.4, -0.2) is 19.8 Å². The second-order valence-electron chi connectivity index (χ2n) is 8.90. The maximum absolute atomic E-state index is 5.54. The molecule has 0 unspecified atom stereocenters. The molecular weight excluding hydrogens is 354 g/mol. The molecule has 0 saturated carbocycles. The van der Waals surface area contributed by atoms with Crippen LogP contribution in [0.25, 0.3) is 0 Å². The summed E-state index contributed by atoms with van der Waals surface area (Å²) >= 11 is 0. The van der Waals surface area contributed by atoms with Gasteiger partial charge in [-0.15, -0.1) is 6.58 Å². The summed E-state index contributed by atoms with van der Waals surface area (Å²) in [5.41, 5.74) is 5.52. The van der Waals surface area contributed by atoms with Crippen molar-refractivity contribution in [1.82, 2.24) is 0 Å². The molecule has 2 N–H and O–H groups in total. The van der Waals surface area contributed by atoms with Crippen LogP contribution in [0.1, 0.15) is 141 Å². The topological polar surface area (TPSA) is 35.2 Å². The van der Waals surface area contributed by atoms with Gasteiger partial charge in [0.1, 0.15) is 0 Å². The van der Waals surface area contributed by atoms with E-state index in [4.69, 9.17) is 10.5 Å². The SMILES string of the molecule is C=CCCOCCCCCCCCCCCCCCCCCCCCCCCN. The molecule has 0 aromatic heterocycles. The number of hydrogen-bond acceptors (Lipinski definition) is 2. The molecule has 0 aromatic carbocycles. The summed E-state index contributed by atoms with van der Waals surface area (Å²) in [4.78, 5) is 0. The molecule has 0 aliphatic rings. The predicted molar refractivity (Wildman–Crippen MR) is 132 cm³/mol. The van der Waals surface area contributed by atoms with Gasteiger partial charge in [-0.2, -0.15) is 0 Å². The normalized spacial score (nSPS) is 11.2. The van der Waals surface area contributed by atoms with Crippen molar-refractivity contribution in [2.75, 3.05) is 19.8 Å². The van der Waals surface area contributed by atoms with E-state index in [1.54, 1.807) is 0 Å². The van der Waals surface area contributed by atoms with Gasteiger partial charge in [-0.3, -0.25) is 0 Å². The first kappa shape index (κ1) is 28.7. The van der Waals surface area contributed by atoms with E-state index < -0.39 is 0 Å². The lowest BCUT2D eigenvalue weighted by atomic mass is 10.0. The van der Waals surface area contributed by atoms with Crippen LogP contribution in [0.4, 0.5) is 0 Å². The molecular formula is C27H55NO. The Kier molecular flexibility index (Phi) is 27.3. The summed E-state index contributed by atoms with van der Waals surface area (Å²) in [6, 6.07) is 0. The van der Waals surface area contributed by atoms with E-state index in [9.17, 15) is 0 Å². The van der Waals surface area contributed by atoms with Crippen molar-refractivity contribution >= 4 is 0 Å². The van der Waals surface area contributed by atoms with Gasteiger partial charge in [0.2, 0.25) is 0 Å². The quantitative estimate of drug-likeness (QED) is 0.114. The Balaban J connectivity index is 2.97. The smallest absolute Gasteiger partial charge is 0.0500 e. The van der Waals surface area contributed by atoms with Gasteiger partial charge in [-0.05, 0) is 25.8 Å². The number of ether oxygens (including phenoxy) is 1. The largest absolute Gasteiger partial charge is 0.381 e. The summed E-state index contributed by atoms with van der Waals surface area (Å²) in [6.07, 6.45) is 32.6. The molecule has 0 bridgehead atoms. The lowest BCUT2D eigenvalue weighted by molar-refractivity contribution is 0.134. The van der Waals surface area contributed by atoms with Gasteiger partial charge in [0.05, 0.1) is 0 Å². The van der Waals surface area contributed by atoms with E-state index >= 15 is 0 Å². The van der Waals surface area contributed by atoms with Crippen LogP contribution in [0.15, 0.2) is 12.7 Å². The summed E-state index contributed by atoms with van der Waals surface area (Å²) in [5.74, 6) is 0. The molecule has 2 nitrogen and oxygen atoms in total. The first-order valence-corrected chi connectivity index (χ1v) is 13.3. The predicted octanol–water partition coefficient (Wildman–Crippen LogP) is 8.73. The Morgan fingerprint density at radius 3 is 1.07 bits per heavy atom. The van der Waals surface area contributed by atoms with Gasteiger partial charge < -0.3 is 10.5 Å². The van der Waals surface area contributed by atoms with Crippen molar-refractivity contribution < 1.29 is 4.74 Å². The van der Waals surface area contributed by atoms with Crippen LogP contribution in [0.3, 0.4) is 0 Å². The molecule has 29 heavy (non-hydrogen) atoms. The van der Waals surface area contributed by atoms with Gasteiger partial charge in [0.25, 0.3) is 0 Å². The minimum absolute atomic E-state index is 0.847. The van der Waals surface area contributed by atoms with Crippen molar-refractivity contribution in [3.63, 3.8) is 0 Å². The molecule has 0 amide bonds. The number of unbranched alkanes of at least 4 members (excludes halogenated alkanes) is 20. The van der Waals surface area contributed by atoms with Gasteiger partial charge in [-0.1, -0.05) is 128 Å². The zero-order chi connectivity index (χ0) is 21.1. The van der Waals surface area contributed by atoms with Crippen molar-refractivity contribution in [2.24, 2.45) is 5.73 Å². The molecule has 0 fully saturated rings. The molecule has 0 rings (SSSR count). The number of hydrogen-bond donors (Lipinski definition) is 1. The highest BCUT2D eigenvalue weighted by Crippen LogP contribution is 2.15. The molecule has 0 aliphatic heterocycles. The van der Waals surface area contributed by atoms with Crippen molar-refractivity contribution in [3.05, 3.63) is 12.7 Å². The van der Waals surface area contributed by atoms with E-state index in [2.05, 4.69) is 6.58 Å². The fourth-order valence-corrected chi connectivity index (χ4v) is 3.98. The Labute approximate surface area is 184 Å². The maximum Gasteiger partial charge on any atom is 0.0500 e. The Morgan fingerprint density at radius 1 is 0.448 bits per heavy atom. The Morgan fingerprint density at radius 2 is 0.759 bits per heavy atom. The zero-order valence-electron chi connectivity index (χ0n) is 19.9. The number of nitrogens with two attached hydrogens (primary N) is 1. The fourth-order valence-electron chi connectivity index (χ4n) is 3.98. The summed E-state index contributed by atoms with van der Waals surface area (Å²) < 4.78 is 5.54. The Hall–Kier alpha value is -0.340. The monoisotopic (exact) mass is 409 g/mol. The standard InChI is InChI=1S/C27H55NO/c1-2-3-26-29-27-24-22-20-18-16-14-12-10-8-6-4-5-7-9-11-13-15-17-19-21-23-25-28/h2H,1,3-28H2. The minimum Gasteiger partial charge on any atom is -0.381 e. The lowest BCUT2D eigenvalue weighted by Crippen LogP contribution is -1.97. The van der Waals surface area contributed by atoms with Crippen molar-refractivity contribution in [2.45, 2.75) is 141 Å². The van der Waals surface area contributed by atoms with Crippen molar-refractivity contribution in [1.29, 1.82) is 0 Å². The molecule has 0 atom stereocenters. The van der Waals surface area contributed by atoms with Gasteiger partial charge in [-0.25, -0.2) is 0 Å². The Bertz CT molecular complexity index is 292. The van der Waals surface area contributed by atoms with E-state index in [0.717, 1.165) is 26.2 Å². The van der Waals surface area contributed by atoms with Crippen LogP contribution in [0, 0.1) is 0 Å². The summed E-state index contributed by atoms with van der Waals surface area (Å²) in [7, 11) is 0. The molecule has 0 spiro atoms. The van der Waals surface area contributed by atoms with Crippen LogP contribution in [0.2, 0.25) is 0 Å². The lowest BCUT2D eigenvalue weighted by Gasteiger charge is -2.04. The third-order valence-electron chi connectivity index (χ3n) is 5.96. The van der Waals surface area contributed by atoms with E-state index in [-0.39, 0.29) is 0 Å². The average molecular weight is 410 g/mol. The fraction of sp³-hybridized carbons (Fsp3) is 0.926. The number of rotatable bonds is 26. The van der Waals surface area contributed by atoms with Gasteiger partial charge in [0.15, 0.2) is 0 Å². The zero-order valence-corrected chi connectivity index (χ0v) is 19.9. The third-order valence-corrected chi connectivity index (χ3v) is 5.96. The van der Waals surface area contributed by atoms with Crippen LogP contribution < -0.4 is 5.73 Å². The first-order valence-electron chi connectivity index (χ1n) is 13.3. The van der Waals surface area contributed by atoms with Crippen LogP contribution in [-0.2, 0) is 4.74 Å². The maximum atomic E-state index is 5.54. The molecule has 0 saturated heterocycles. The highest BCUT2D eigenvalue weighted by molar-refractivity contribution is 4.64. The molecule has 0 aliphatic carbocycles. The van der Waals surface area contributed by atoms with Crippen LogP contribution >= 0.6 is 0 Å². The van der Waals surface area contributed by atoms with Crippen molar-refractivity contribution in [3.8, 4) is 0 Å².